The molecule has 0 N–H and O–H groups in total. The molecule has 3 rings (SSSR count). The molecule has 0 amide bonds. The van der Waals surface area contributed by atoms with Crippen LogP contribution in [0.1, 0.15) is 66.8 Å². The van der Waals surface area contributed by atoms with Crippen LogP contribution in [0.15, 0.2) is 22.9 Å². The van der Waals surface area contributed by atoms with Crippen molar-refractivity contribution in [2.75, 3.05) is 0 Å². The van der Waals surface area contributed by atoms with Crippen molar-refractivity contribution in [2.45, 2.75) is 58.6 Å². The fraction of sp³-hybridized carbons (Fsp3) is 0.474. The Morgan fingerprint density at radius 3 is 2.83 bits per heavy atom. The molecule has 1 unspecified atom stereocenters. The molecule has 1 aliphatic rings. The third kappa shape index (κ3) is 3.05. The zero-order valence-electron chi connectivity index (χ0n) is 14.4. The first-order chi connectivity index (χ1) is 11.5. The third-order valence-electron chi connectivity index (χ3n) is 4.36. The van der Waals surface area contributed by atoms with E-state index in [4.69, 9.17) is 4.74 Å². The van der Waals surface area contributed by atoms with Crippen molar-refractivity contribution >= 4 is 23.1 Å². The van der Waals surface area contributed by atoms with Gasteiger partial charge in [0.15, 0.2) is 0 Å². The number of hydrogen-bond acceptors (Lipinski definition) is 4. The van der Waals surface area contributed by atoms with Gasteiger partial charge in [-0.2, -0.15) is 11.3 Å². The van der Waals surface area contributed by atoms with Crippen LogP contribution in [0.5, 0.6) is 0 Å². The minimum absolute atomic E-state index is 0.0591. The van der Waals surface area contributed by atoms with Gasteiger partial charge in [-0.25, -0.2) is 0 Å². The van der Waals surface area contributed by atoms with Crippen molar-refractivity contribution < 1.29 is 14.3 Å². The Labute approximate surface area is 146 Å². The molecule has 0 spiro atoms. The van der Waals surface area contributed by atoms with Gasteiger partial charge in [-0.1, -0.05) is 13.3 Å². The average Bonchev–Trinajstić information content (AvgIpc) is 3.22. The minimum Gasteiger partial charge on any atom is -0.462 e. The first kappa shape index (κ1) is 17.0. The molecule has 2 aromatic rings. The molecule has 0 saturated carbocycles. The Kier molecular flexibility index (Phi) is 4.90. The lowest BCUT2D eigenvalue weighted by atomic mass is 10.0. The van der Waals surface area contributed by atoms with Gasteiger partial charge in [-0.15, -0.1) is 0 Å². The maximum Gasteiger partial charge on any atom is 0.315 e. The van der Waals surface area contributed by atoms with Gasteiger partial charge in [-0.3, -0.25) is 9.59 Å². The largest absolute Gasteiger partial charge is 0.462 e. The highest BCUT2D eigenvalue weighted by atomic mass is 32.1. The van der Waals surface area contributed by atoms with Crippen molar-refractivity contribution in [1.82, 2.24) is 4.57 Å². The second-order valence-corrected chi connectivity index (χ2v) is 7.29. The van der Waals surface area contributed by atoms with Gasteiger partial charge in [-0.05, 0) is 49.8 Å². The molecule has 3 heterocycles. The molecular formula is C19H23NO3S. The summed E-state index contributed by atoms with van der Waals surface area (Å²) in [5.74, 6) is -0.380. The molecular weight excluding hydrogens is 322 g/mol. The molecule has 24 heavy (non-hydrogen) atoms. The van der Waals surface area contributed by atoms with Crippen LogP contribution in [0, 0.1) is 0 Å². The first-order valence-electron chi connectivity index (χ1n) is 8.52. The molecule has 0 bridgehead atoms. The normalized spacial score (nSPS) is 16.4. The fourth-order valence-electron chi connectivity index (χ4n) is 3.37. The summed E-state index contributed by atoms with van der Waals surface area (Å²) in [6.45, 7) is 6.52. The van der Waals surface area contributed by atoms with Crippen molar-refractivity contribution in [3.63, 3.8) is 0 Å². The number of esters is 1. The predicted molar refractivity (Wildman–Crippen MR) is 94.8 cm³/mol. The summed E-state index contributed by atoms with van der Waals surface area (Å²) in [5.41, 5.74) is 3.46. The smallest absolute Gasteiger partial charge is 0.315 e. The first-order valence-corrected chi connectivity index (χ1v) is 9.46. The van der Waals surface area contributed by atoms with E-state index in [0.29, 0.717) is 13.0 Å². The van der Waals surface area contributed by atoms with E-state index in [9.17, 15) is 9.59 Å². The lowest BCUT2D eigenvalue weighted by Gasteiger charge is -2.12. The molecule has 0 saturated heterocycles. The number of thiophene rings is 1. The van der Waals surface area contributed by atoms with E-state index in [0.717, 1.165) is 35.4 Å². The van der Waals surface area contributed by atoms with Gasteiger partial charge in [0, 0.05) is 23.2 Å². The molecule has 128 valence electrons. The summed E-state index contributed by atoms with van der Waals surface area (Å²) < 4.78 is 7.44. The monoisotopic (exact) mass is 345 g/mol. The standard InChI is InChI=1S/C19H23NO3S/c1-4-5-13-10-16-15(19(22)23-12(2)3)6-8-20(16)17(13)18(21)14-7-9-24-11-14/h7,9-12,15H,4-6,8H2,1-3H3. The van der Waals surface area contributed by atoms with Crippen LogP contribution in [0.4, 0.5) is 0 Å². The number of aryl methyl sites for hydroxylation is 1. The molecule has 1 aliphatic heterocycles. The Bertz CT molecular complexity index is 743. The number of aromatic nitrogens is 1. The second kappa shape index (κ2) is 6.93. The van der Waals surface area contributed by atoms with Crippen molar-refractivity contribution in [1.29, 1.82) is 0 Å². The number of ketones is 1. The van der Waals surface area contributed by atoms with E-state index < -0.39 is 0 Å². The predicted octanol–water partition coefficient (Wildman–Crippen LogP) is 4.17. The molecule has 5 heteroatoms. The Morgan fingerprint density at radius 2 is 2.21 bits per heavy atom. The van der Waals surface area contributed by atoms with Crippen LogP contribution in [-0.4, -0.2) is 22.4 Å². The van der Waals surface area contributed by atoms with Gasteiger partial charge in [0.25, 0.3) is 0 Å². The number of carbonyl (C=O) groups is 2. The lowest BCUT2D eigenvalue weighted by Crippen LogP contribution is -2.18. The molecule has 0 radical (unpaired) electrons. The summed E-state index contributed by atoms with van der Waals surface area (Å²) in [6, 6.07) is 3.91. The molecule has 4 nitrogen and oxygen atoms in total. The van der Waals surface area contributed by atoms with Crippen LogP contribution in [-0.2, 0) is 22.5 Å². The SMILES string of the molecule is CCCc1cc2n(c1C(=O)c1ccsc1)CCC2C(=O)OC(C)C. The number of carbonyl (C=O) groups excluding carboxylic acids is 2. The van der Waals surface area contributed by atoms with E-state index in [2.05, 4.69) is 6.92 Å². The Morgan fingerprint density at radius 1 is 1.42 bits per heavy atom. The van der Waals surface area contributed by atoms with E-state index in [1.165, 1.54) is 11.3 Å². The van der Waals surface area contributed by atoms with Gasteiger partial charge in [0.05, 0.1) is 17.7 Å². The van der Waals surface area contributed by atoms with Crippen LogP contribution < -0.4 is 0 Å². The minimum atomic E-state index is -0.257. The molecule has 2 aromatic heterocycles. The third-order valence-corrected chi connectivity index (χ3v) is 5.04. The van der Waals surface area contributed by atoms with Crippen molar-refractivity contribution in [2.24, 2.45) is 0 Å². The van der Waals surface area contributed by atoms with Crippen LogP contribution in [0.25, 0.3) is 0 Å². The summed E-state index contributed by atoms with van der Waals surface area (Å²) in [4.78, 5) is 25.3. The van der Waals surface area contributed by atoms with Crippen LogP contribution in [0.2, 0.25) is 0 Å². The lowest BCUT2D eigenvalue weighted by molar-refractivity contribution is -0.149. The molecule has 1 atom stereocenters. The number of nitrogens with zero attached hydrogens (tertiary/aromatic N) is 1. The maximum absolute atomic E-state index is 12.9. The quantitative estimate of drug-likeness (QED) is 0.583. The summed E-state index contributed by atoms with van der Waals surface area (Å²) >= 11 is 1.53. The van der Waals surface area contributed by atoms with E-state index >= 15 is 0 Å². The highest BCUT2D eigenvalue weighted by molar-refractivity contribution is 7.08. The molecule has 0 aromatic carbocycles. The highest BCUT2D eigenvalue weighted by Crippen LogP contribution is 2.35. The van der Waals surface area contributed by atoms with E-state index in [-0.39, 0.29) is 23.8 Å². The Hall–Kier alpha value is -1.88. The highest BCUT2D eigenvalue weighted by Gasteiger charge is 2.35. The van der Waals surface area contributed by atoms with E-state index in [1.807, 2.05) is 41.3 Å². The second-order valence-electron chi connectivity index (χ2n) is 6.51. The Balaban J connectivity index is 1.99. The zero-order chi connectivity index (χ0) is 17.3. The zero-order valence-corrected chi connectivity index (χ0v) is 15.2. The molecule has 0 fully saturated rings. The number of rotatable bonds is 6. The van der Waals surface area contributed by atoms with Crippen molar-refractivity contribution in [3.05, 3.63) is 45.4 Å². The topological polar surface area (TPSA) is 48.3 Å². The van der Waals surface area contributed by atoms with Crippen LogP contribution in [0.3, 0.4) is 0 Å². The van der Waals surface area contributed by atoms with Gasteiger partial charge in [0.1, 0.15) is 0 Å². The number of fused-ring (bicyclic) bond motifs is 1. The molecule has 0 aliphatic carbocycles. The average molecular weight is 345 g/mol. The summed E-state index contributed by atoms with van der Waals surface area (Å²) in [5, 5.41) is 3.81. The van der Waals surface area contributed by atoms with Gasteiger partial charge in [0.2, 0.25) is 5.78 Å². The van der Waals surface area contributed by atoms with E-state index in [1.54, 1.807) is 0 Å². The fourth-order valence-corrected chi connectivity index (χ4v) is 4.01. The van der Waals surface area contributed by atoms with Gasteiger partial charge < -0.3 is 9.30 Å². The van der Waals surface area contributed by atoms with Crippen LogP contribution >= 0.6 is 11.3 Å². The number of hydrogen-bond donors (Lipinski definition) is 0. The summed E-state index contributed by atoms with van der Waals surface area (Å²) in [6.07, 6.45) is 2.39. The van der Waals surface area contributed by atoms with Crippen molar-refractivity contribution in [3.8, 4) is 0 Å². The number of ether oxygens (including phenoxy) is 1. The summed E-state index contributed by atoms with van der Waals surface area (Å²) in [7, 11) is 0. The van der Waals surface area contributed by atoms with Gasteiger partial charge >= 0.3 is 5.97 Å². The maximum atomic E-state index is 12.9.